The smallest absolute Gasteiger partial charge is 0.225 e. The van der Waals surface area contributed by atoms with Gasteiger partial charge >= 0.3 is 0 Å². The van der Waals surface area contributed by atoms with Crippen LogP contribution < -0.4 is 10.1 Å². The first-order chi connectivity index (χ1) is 17.0. The zero-order chi connectivity index (χ0) is 24.8. The summed E-state index contributed by atoms with van der Waals surface area (Å²) in [4.78, 5) is 32.4. The van der Waals surface area contributed by atoms with Crippen molar-refractivity contribution in [2.75, 3.05) is 19.0 Å². The zero-order valence-corrected chi connectivity index (χ0v) is 20.7. The molecule has 180 valence electrons. The molecule has 2 amide bonds. The van der Waals surface area contributed by atoms with E-state index in [2.05, 4.69) is 16.4 Å². The number of ether oxygens (including phenoxy) is 1. The van der Waals surface area contributed by atoms with E-state index in [1.807, 2.05) is 48.2 Å². The van der Waals surface area contributed by atoms with E-state index in [4.69, 9.17) is 4.74 Å². The summed E-state index contributed by atoms with van der Waals surface area (Å²) in [5, 5.41) is 13.3. The molecule has 7 nitrogen and oxygen atoms in total. The summed E-state index contributed by atoms with van der Waals surface area (Å²) in [5.74, 6) is 0.712. The highest BCUT2D eigenvalue weighted by Crippen LogP contribution is 2.37. The van der Waals surface area contributed by atoms with Crippen molar-refractivity contribution < 1.29 is 14.3 Å². The number of aromatic nitrogens is 1. The van der Waals surface area contributed by atoms with Gasteiger partial charge in [-0.3, -0.25) is 14.6 Å². The molecule has 2 aromatic heterocycles. The molecule has 0 bridgehead atoms. The fourth-order valence-corrected chi connectivity index (χ4v) is 5.53. The lowest BCUT2D eigenvalue weighted by molar-refractivity contribution is -0.132. The van der Waals surface area contributed by atoms with Crippen molar-refractivity contribution >= 4 is 28.2 Å². The lowest BCUT2D eigenvalue weighted by Gasteiger charge is -2.27. The van der Waals surface area contributed by atoms with Crippen molar-refractivity contribution in [1.29, 1.82) is 5.26 Å². The fourth-order valence-electron chi connectivity index (χ4n) is 4.30. The van der Waals surface area contributed by atoms with Crippen LogP contribution in [0.4, 0.5) is 5.00 Å². The SMILES string of the molecule is COc1cccc(C(C)CC(=O)Nc2sc3c(c2C#N)CCN(C(=O)CCc2ccncc2)C3)c1. The predicted molar refractivity (Wildman–Crippen MR) is 135 cm³/mol. The van der Waals surface area contributed by atoms with Crippen LogP contribution in [0.3, 0.4) is 0 Å². The van der Waals surface area contributed by atoms with E-state index in [1.54, 1.807) is 19.5 Å². The second-order valence-electron chi connectivity index (χ2n) is 8.67. The highest BCUT2D eigenvalue weighted by molar-refractivity contribution is 7.16. The first-order valence-corrected chi connectivity index (χ1v) is 12.4. The summed E-state index contributed by atoms with van der Waals surface area (Å²) in [7, 11) is 1.62. The Bertz CT molecular complexity index is 1250. The number of anilines is 1. The van der Waals surface area contributed by atoms with E-state index in [-0.39, 0.29) is 17.7 Å². The first-order valence-electron chi connectivity index (χ1n) is 11.6. The van der Waals surface area contributed by atoms with Crippen LogP contribution in [-0.4, -0.2) is 35.4 Å². The fraction of sp³-hybridized carbons (Fsp3) is 0.333. The van der Waals surface area contributed by atoms with E-state index >= 15 is 0 Å². The molecule has 1 N–H and O–H groups in total. The Morgan fingerprint density at radius 1 is 1.29 bits per heavy atom. The summed E-state index contributed by atoms with van der Waals surface area (Å²) in [6, 6.07) is 13.8. The minimum Gasteiger partial charge on any atom is -0.497 e. The van der Waals surface area contributed by atoms with Crippen molar-refractivity contribution in [3.63, 3.8) is 0 Å². The molecule has 0 fully saturated rings. The first kappa shape index (κ1) is 24.4. The van der Waals surface area contributed by atoms with Crippen LogP contribution in [0.25, 0.3) is 0 Å². The second kappa shape index (κ2) is 11.2. The molecule has 1 aliphatic heterocycles. The summed E-state index contributed by atoms with van der Waals surface area (Å²) in [5.41, 5.74) is 3.58. The molecule has 8 heteroatoms. The van der Waals surface area contributed by atoms with Gasteiger partial charge in [0.05, 0.1) is 19.2 Å². The maximum atomic E-state index is 12.8. The number of fused-ring (bicyclic) bond motifs is 1. The maximum absolute atomic E-state index is 12.8. The minimum atomic E-state index is -0.138. The van der Waals surface area contributed by atoms with Crippen molar-refractivity contribution in [3.05, 3.63) is 75.9 Å². The number of nitriles is 1. The van der Waals surface area contributed by atoms with E-state index in [0.29, 0.717) is 49.3 Å². The number of amides is 2. The minimum absolute atomic E-state index is 0.00117. The maximum Gasteiger partial charge on any atom is 0.225 e. The van der Waals surface area contributed by atoms with E-state index in [0.717, 1.165) is 27.3 Å². The molecule has 1 atom stereocenters. The van der Waals surface area contributed by atoms with Crippen LogP contribution in [-0.2, 0) is 29.0 Å². The molecule has 0 spiro atoms. The third-order valence-electron chi connectivity index (χ3n) is 6.31. The molecule has 0 aliphatic carbocycles. The van der Waals surface area contributed by atoms with Gasteiger partial charge in [-0.15, -0.1) is 11.3 Å². The summed E-state index contributed by atoms with van der Waals surface area (Å²) in [6.45, 7) is 3.04. The van der Waals surface area contributed by atoms with Crippen molar-refractivity contribution in [1.82, 2.24) is 9.88 Å². The number of rotatable bonds is 8. The van der Waals surface area contributed by atoms with E-state index < -0.39 is 0 Å². The van der Waals surface area contributed by atoms with Crippen LogP contribution >= 0.6 is 11.3 Å². The number of benzene rings is 1. The Labute approximate surface area is 209 Å². The van der Waals surface area contributed by atoms with Gasteiger partial charge in [-0.1, -0.05) is 19.1 Å². The van der Waals surface area contributed by atoms with Crippen LogP contribution in [0.1, 0.15) is 52.8 Å². The quantitative estimate of drug-likeness (QED) is 0.497. The van der Waals surface area contributed by atoms with Crippen LogP contribution in [0.2, 0.25) is 0 Å². The van der Waals surface area contributed by atoms with Gasteiger partial charge < -0.3 is 15.0 Å². The average molecular weight is 489 g/mol. The molecule has 0 saturated heterocycles. The third-order valence-corrected chi connectivity index (χ3v) is 7.44. The van der Waals surface area contributed by atoms with Gasteiger partial charge in [-0.05, 0) is 59.7 Å². The van der Waals surface area contributed by atoms with Gasteiger partial charge in [0.25, 0.3) is 0 Å². The number of nitrogens with zero attached hydrogens (tertiary/aromatic N) is 3. The number of aryl methyl sites for hydroxylation is 1. The van der Waals surface area contributed by atoms with Crippen LogP contribution in [0.15, 0.2) is 48.8 Å². The molecule has 0 saturated carbocycles. The van der Waals surface area contributed by atoms with Crippen LogP contribution in [0.5, 0.6) is 5.75 Å². The Kier molecular flexibility index (Phi) is 7.78. The molecule has 4 rings (SSSR count). The Balaban J connectivity index is 1.39. The summed E-state index contributed by atoms with van der Waals surface area (Å²) in [6.07, 6.45) is 5.48. The molecular weight excluding hydrogens is 460 g/mol. The number of thiophene rings is 1. The molecule has 3 aromatic rings. The number of carbonyl (C=O) groups excluding carboxylic acids is 2. The Hall–Kier alpha value is -3.70. The predicted octanol–water partition coefficient (Wildman–Crippen LogP) is 4.67. The average Bonchev–Trinajstić information content (AvgIpc) is 3.23. The van der Waals surface area contributed by atoms with Gasteiger partial charge in [0.2, 0.25) is 11.8 Å². The Morgan fingerprint density at radius 2 is 2.09 bits per heavy atom. The molecule has 3 heterocycles. The monoisotopic (exact) mass is 488 g/mol. The highest BCUT2D eigenvalue weighted by atomic mass is 32.1. The standard InChI is InChI=1S/C27H28N4O3S/c1-18(20-4-3-5-21(15-20)34-2)14-25(32)30-27-23(16-28)22-10-13-31(17-24(22)35-27)26(33)7-6-19-8-11-29-12-9-19/h3-5,8-9,11-12,15,18H,6-7,10,13-14,17H2,1-2H3,(H,30,32). The molecule has 0 radical (unpaired) electrons. The number of pyridine rings is 1. The van der Waals surface area contributed by atoms with E-state index in [9.17, 15) is 14.9 Å². The summed E-state index contributed by atoms with van der Waals surface area (Å²) >= 11 is 1.40. The molecular formula is C27H28N4O3S. The van der Waals surface area contributed by atoms with Gasteiger partial charge in [0.15, 0.2) is 0 Å². The van der Waals surface area contributed by atoms with Gasteiger partial charge in [0, 0.05) is 36.7 Å². The number of carbonyl (C=O) groups is 2. The lowest BCUT2D eigenvalue weighted by atomic mass is 9.97. The Morgan fingerprint density at radius 3 is 2.83 bits per heavy atom. The van der Waals surface area contributed by atoms with E-state index in [1.165, 1.54) is 11.3 Å². The zero-order valence-electron chi connectivity index (χ0n) is 19.9. The topological polar surface area (TPSA) is 95.3 Å². The second-order valence-corrected chi connectivity index (χ2v) is 9.78. The van der Waals surface area contributed by atoms with Crippen LogP contribution in [0, 0.1) is 11.3 Å². The van der Waals surface area contributed by atoms with Gasteiger partial charge in [-0.2, -0.15) is 5.26 Å². The van der Waals surface area contributed by atoms with Crippen molar-refractivity contribution in [2.24, 2.45) is 0 Å². The normalized spacial score (nSPS) is 13.5. The number of hydrogen-bond acceptors (Lipinski definition) is 6. The number of methoxy groups -OCH3 is 1. The van der Waals surface area contributed by atoms with Crippen molar-refractivity contribution in [2.45, 2.75) is 45.1 Å². The molecule has 1 aromatic carbocycles. The van der Waals surface area contributed by atoms with Gasteiger partial charge in [-0.25, -0.2) is 0 Å². The van der Waals surface area contributed by atoms with Crippen molar-refractivity contribution in [3.8, 4) is 11.8 Å². The molecule has 1 unspecified atom stereocenters. The summed E-state index contributed by atoms with van der Waals surface area (Å²) < 4.78 is 5.28. The lowest BCUT2D eigenvalue weighted by Crippen LogP contribution is -2.35. The highest BCUT2D eigenvalue weighted by Gasteiger charge is 2.27. The number of hydrogen-bond donors (Lipinski definition) is 1. The molecule has 35 heavy (non-hydrogen) atoms. The van der Waals surface area contributed by atoms with Gasteiger partial charge in [0.1, 0.15) is 16.8 Å². The largest absolute Gasteiger partial charge is 0.497 e. The third kappa shape index (κ3) is 5.87. The number of nitrogens with one attached hydrogen (secondary N) is 1. The molecule has 1 aliphatic rings.